The summed E-state index contributed by atoms with van der Waals surface area (Å²) in [5.41, 5.74) is 2.07. The summed E-state index contributed by atoms with van der Waals surface area (Å²) in [6.07, 6.45) is 1.63. The van der Waals surface area contributed by atoms with Gasteiger partial charge in [0.1, 0.15) is 5.82 Å². The molecule has 1 heterocycles. The number of rotatable bonds is 1. The van der Waals surface area contributed by atoms with Crippen molar-refractivity contribution in [2.75, 3.05) is 0 Å². The number of fused-ring (bicyclic) bond motifs is 1. The van der Waals surface area contributed by atoms with Crippen molar-refractivity contribution in [3.63, 3.8) is 0 Å². The van der Waals surface area contributed by atoms with Gasteiger partial charge in [0.25, 0.3) is 11.8 Å². The fourth-order valence-corrected chi connectivity index (χ4v) is 2.58. The number of hydrogen-bond donors (Lipinski definition) is 1. The van der Waals surface area contributed by atoms with E-state index in [4.69, 9.17) is 0 Å². The maximum Gasteiger partial charge on any atom is 0.258 e. The molecule has 21 heavy (non-hydrogen) atoms. The normalized spacial score (nSPS) is 15.8. The highest BCUT2D eigenvalue weighted by molar-refractivity contribution is 9.10. The Labute approximate surface area is 128 Å². The minimum absolute atomic E-state index is 0.317. The molecule has 0 aromatic heterocycles. The Morgan fingerprint density at radius 3 is 2.43 bits per heavy atom. The lowest BCUT2D eigenvalue weighted by Gasteiger charge is -2.18. The number of nitrogens with one attached hydrogen (secondary N) is 1. The van der Waals surface area contributed by atoms with Crippen LogP contribution in [-0.4, -0.2) is 11.8 Å². The van der Waals surface area contributed by atoms with Crippen molar-refractivity contribution in [3.8, 4) is 0 Å². The second kappa shape index (κ2) is 5.26. The number of carbonyl (C=O) groups is 2. The first-order chi connectivity index (χ1) is 10.1. The lowest BCUT2D eigenvalue weighted by atomic mass is 9.93. The average Bonchev–Trinajstić information content (AvgIpc) is 2.47. The van der Waals surface area contributed by atoms with E-state index >= 15 is 0 Å². The molecule has 1 aliphatic heterocycles. The van der Waals surface area contributed by atoms with Crippen molar-refractivity contribution >= 4 is 39.4 Å². The van der Waals surface area contributed by atoms with E-state index in [1.54, 1.807) is 42.5 Å². The summed E-state index contributed by atoms with van der Waals surface area (Å²) >= 11 is 3.11. The van der Waals surface area contributed by atoms with Crippen LogP contribution in [0.15, 0.2) is 46.9 Å². The fourth-order valence-electron chi connectivity index (χ4n) is 2.19. The molecule has 0 radical (unpaired) electrons. The van der Waals surface area contributed by atoms with Gasteiger partial charge in [0.2, 0.25) is 0 Å². The van der Waals surface area contributed by atoms with Gasteiger partial charge in [0, 0.05) is 11.1 Å². The third-order valence-electron chi connectivity index (χ3n) is 3.19. The predicted octanol–water partition coefficient (Wildman–Crippen LogP) is 3.40. The summed E-state index contributed by atoms with van der Waals surface area (Å²) in [7, 11) is 0. The van der Waals surface area contributed by atoms with Crippen LogP contribution in [0.4, 0.5) is 4.39 Å². The summed E-state index contributed by atoms with van der Waals surface area (Å²) < 4.78 is 13.6. The second-order valence-corrected chi connectivity index (χ2v) is 5.41. The Bertz CT molecular complexity index is 799. The Morgan fingerprint density at radius 2 is 1.71 bits per heavy atom. The largest absolute Gasteiger partial charge is 0.288 e. The molecule has 3 nitrogen and oxygen atoms in total. The van der Waals surface area contributed by atoms with Crippen molar-refractivity contribution in [3.05, 3.63) is 69.4 Å². The Balaban J connectivity index is 2.14. The third-order valence-corrected chi connectivity index (χ3v) is 3.80. The lowest BCUT2D eigenvalue weighted by molar-refractivity contribution is -0.114. The van der Waals surface area contributed by atoms with Gasteiger partial charge in [-0.2, -0.15) is 0 Å². The Hall–Kier alpha value is -2.27. The van der Waals surface area contributed by atoms with E-state index in [1.165, 1.54) is 6.07 Å². The molecule has 0 atom stereocenters. The van der Waals surface area contributed by atoms with Gasteiger partial charge in [0.05, 0.1) is 4.47 Å². The molecule has 2 aromatic rings. The van der Waals surface area contributed by atoms with Crippen LogP contribution in [0.1, 0.15) is 21.5 Å². The quantitative estimate of drug-likeness (QED) is 0.636. The summed E-state index contributed by atoms with van der Waals surface area (Å²) in [6, 6.07) is 11.3. The van der Waals surface area contributed by atoms with E-state index in [-0.39, 0.29) is 5.82 Å². The molecule has 3 rings (SSSR count). The number of halogens is 2. The zero-order chi connectivity index (χ0) is 15.0. The molecule has 0 bridgehead atoms. The molecule has 0 spiro atoms. The van der Waals surface area contributed by atoms with Crippen molar-refractivity contribution in [1.82, 2.24) is 5.32 Å². The maximum absolute atomic E-state index is 13.3. The van der Waals surface area contributed by atoms with E-state index in [2.05, 4.69) is 21.2 Å². The van der Waals surface area contributed by atoms with E-state index in [1.807, 2.05) is 0 Å². The van der Waals surface area contributed by atoms with Crippen LogP contribution in [0.2, 0.25) is 0 Å². The fraction of sp³-hybridized carbons (Fsp3) is 0. The van der Waals surface area contributed by atoms with Crippen LogP contribution < -0.4 is 5.32 Å². The van der Waals surface area contributed by atoms with Gasteiger partial charge in [-0.25, -0.2) is 4.39 Å². The molecular formula is C16H9BrFNO2. The number of benzene rings is 2. The SMILES string of the molecule is O=C1NC(=O)c2ccccc2C1=Cc1ccc(F)c(Br)c1. The molecule has 5 heteroatoms. The van der Waals surface area contributed by atoms with Crippen molar-refractivity contribution in [2.24, 2.45) is 0 Å². The van der Waals surface area contributed by atoms with Gasteiger partial charge < -0.3 is 0 Å². The smallest absolute Gasteiger partial charge is 0.258 e. The van der Waals surface area contributed by atoms with Gasteiger partial charge in [-0.1, -0.05) is 24.3 Å². The second-order valence-electron chi connectivity index (χ2n) is 4.56. The third kappa shape index (κ3) is 2.52. The van der Waals surface area contributed by atoms with E-state index in [9.17, 15) is 14.0 Å². The number of hydrogen-bond acceptors (Lipinski definition) is 2. The minimum Gasteiger partial charge on any atom is -0.288 e. The molecule has 0 unspecified atom stereocenters. The molecule has 104 valence electrons. The summed E-state index contributed by atoms with van der Waals surface area (Å²) in [5, 5.41) is 2.30. The Morgan fingerprint density at radius 1 is 1.00 bits per heavy atom. The maximum atomic E-state index is 13.3. The van der Waals surface area contributed by atoms with Crippen molar-refractivity contribution in [2.45, 2.75) is 0 Å². The van der Waals surface area contributed by atoms with Crippen LogP contribution in [0.5, 0.6) is 0 Å². The minimum atomic E-state index is -0.459. The van der Waals surface area contributed by atoms with Crippen LogP contribution in [-0.2, 0) is 4.79 Å². The molecule has 2 aromatic carbocycles. The molecule has 0 saturated heterocycles. The Kier molecular flexibility index (Phi) is 3.43. The van der Waals surface area contributed by atoms with Crippen molar-refractivity contribution in [1.29, 1.82) is 0 Å². The summed E-state index contributed by atoms with van der Waals surface area (Å²) in [6.45, 7) is 0. The molecule has 1 aliphatic rings. The van der Waals surface area contributed by atoms with Gasteiger partial charge in [-0.3, -0.25) is 14.9 Å². The number of imide groups is 1. The average molecular weight is 346 g/mol. The highest BCUT2D eigenvalue weighted by Crippen LogP contribution is 2.27. The number of amides is 2. The van der Waals surface area contributed by atoms with Crippen molar-refractivity contribution < 1.29 is 14.0 Å². The van der Waals surface area contributed by atoms with Crippen LogP contribution in [0, 0.1) is 5.82 Å². The first kappa shape index (κ1) is 13.7. The van der Waals surface area contributed by atoms with E-state index < -0.39 is 11.8 Å². The molecular weight excluding hydrogens is 337 g/mol. The first-order valence-electron chi connectivity index (χ1n) is 6.18. The van der Waals surface area contributed by atoms with Crippen LogP contribution in [0.25, 0.3) is 11.6 Å². The summed E-state index contributed by atoms with van der Waals surface area (Å²) in [5.74, 6) is -1.24. The summed E-state index contributed by atoms with van der Waals surface area (Å²) in [4.78, 5) is 23.8. The highest BCUT2D eigenvalue weighted by atomic mass is 79.9. The molecule has 0 fully saturated rings. The van der Waals surface area contributed by atoms with Gasteiger partial charge in [0.15, 0.2) is 0 Å². The van der Waals surface area contributed by atoms with Crippen LogP contribution >= 0.6 is 15.9 Å². The zero-order valence-corrected chi connectivity index (χ0v) is 12.3. The zero-order valence-electron chi connectivity index (χ0n) is 10.7. The standard InChI is InChI=1S/C16H9BrFNO2/c17-13-8-9(5-6-14(13)18)7-12-10-3-1-2-4-11(10)15(20)19-16(12)21/h1-8H,(H,19,20,21). The molecule has 0 aliphatic carbocycles. The molecule has 2 amide bonds. The van der Waals surface area contributed by atoms with Crippen LogP contribution in [0.3, 0.4) is 0 Å². The van der Waals surface area contributed by atoms with Gasteiger partial charge in [-0.15, -0.1) is 0 Å². The van der Waals surface area contributed by atoms with Gasteiger partial charge >= 0.3 is 0 Å². The predicted molar refractivity (Wildman–Crippen MR) is 80.9 cm³/mol. The van der Waals surface area contributed by atoms with E-state index in [0.717, 1.165) is 0 Å². The van der Waals surface area contributed by atoms with Gasteiger partial charge in [-0.05, 0) is 51.3 Å². The lowest BCUT2D eigenvalue weighted by Crippen LogP contribution is -2.36. The monoisotopic (exact) mass is 345 g/mol. The topological polar surface area (TPSA) is 46.2 Å². The number of carbonyl (C=O) groups excluding carboxylic acids is 2. The highest BCUT2D eigenvalue weighted by Gasteiger charge is 2.26. The van der Waals surface area contributed by atoms with E-state index in [0.29, 0.717) is 26.7 Å². The molecule has 1 N–H and O–H groups in total. The first-order valence-corrected chi connectivity index (χ1v) is 6.97. The molecule has 0 saturated carbocycles.